The summed E-state index contributed by atoms with van der Waals surface area (Å²) in [6, 6.07) is 10.1. The maximum absolute atomic E-state index is 12.4. The summed E-state index contributed by atoms with van der Waals surface area (Å²) in [5, 5.41) is 11.4. The fourth-order valence-corrected chi connectivity index (χ4v) is 2.04. The van der Waals surface area contributed by atoms with Gasteiger partial charge < -0.3 is 14.5 Å². The standard InChI is InChI=1S/C18H21BF3O3/c1-16(2,23)17(3,4)25-19-14-9-10-15(24-11-18(20,21)22)13-8-6-5-7-12(13)14/h5-10,23H,11H2,1-4H3. The average molecular weight is 353 g/mol. The molecule has 1 radical (unpaired) electrons. The molecule has 2 rings (SSSR count). The molecular weight excluding hydrogens is 332 g/mol. The van der Waals surface area contributed by atoms with Crippen molar-refractivity contribution < 1.29 is 27.7 Å². The van der Waals surface area contributed by atoms with E-state index in [1.165, 1.54) is 13.5 Å². The minimum atomic E-state index is -4.40. The van der Waals surface area contributed by atoms with E-state index in [-0.39, 0.29) is 5.75 Å². The molecule has 0 unspecified atom stereocenters. The maximum Gasteiger partial charge on any atom is 0.422 e. The van der Waals surface area contributed by atoms with Crippen LogP contribution in [0.4, 0.5) is 13.2 Å². The molecular formula is C18H21BF3O3. The predicted octanol–water partition coefficient (Wildman–Crippen LogP) is 3.59. The number of rotatable bonds is 6. The number of ether oxygens (including phenoxy) is 1. The van der Waals surface area contributed by atoms with Crippen molar-refractivity contribution in [3.05, 3.63) is 36.4 Å². The number of aliphatic hydroxyl groups is 1. The third kappa shape index (κ3) is 4.89. The summed E-state index contributed by atoms with van der Waals surface area (Å²) in [6.07, 6.45) is -4.40. The zero-order chi connectivity index (χ0) is 18.9. The number of hydrogen-bond donors (Lipinski definition) is 1. The van der Waals surface area contributed by atoms with Gasteiger partial charge in [0.2, 0.25) is 0 Å². The van der Waals surface area contributed by atoms with Crippen LogP contribution in [-0.2, 0) is 4.65 Å². The summed E-state index contributed by atoms with van der Waals surface area (Å²) in [5.74, 6) is 0.159. The molecule has 2 aromatic rings. The molecule has 0 fully saturated rings. The molecule has 7 heteroatoms. The Hall–Kier alpha value is -1.73. The molecule has 135 valence electrons. The second kappa shape index (κ2) is 6.88. The highest BCUT2D eigenvalue weighted by Gasteiger charge is 2.36. The molecule has 3 nitrogen and oxygen atoms in total. The molecule has 1 N–H and O–H groups in total. The van der Waals surface area contributed by atoms with Gasteiger partial charge in [-0.3, -0.25) is 0 Å². The Labute approximate surface area is 146 Å². The highest BCUT2D eigenvalue weighted by atomic mass is 19.4. The van der Waals surface area contributed by atoms with E-state index < -0.39 is 24.0 Å². The zero-order valence-corrected chi connectivity index (χ0v) is 14.6. The van der Waals surface area contributed by atoms with Gasteiger partial charge in [-0.15, -0.1) is 0 Å². The first-order chi connectivity index (χ1) is 11.4. The average Bonchev–Trinajstić information content (AvgIpc) is 2.49. The molecule has 0 bridgehead atoms. The minimum Gasteiger partial charge on any atom is -0.483 e. The van der Waals surface area contributed by atoms with Gasteiger partial charge in [0.25, 0.3) is 0 Å². The topological polar surface area (TPSA) is 38.7 Å². The Balaban J connectivity index is 2.28. The summed E-state index contributed by atoms with van der Waals surface area (Å²) in [6.45, 7) is 5.46. The Kier molecular flexibility index (Phi) is 5.39. The summed E-state index contributed by atoms with van der Waals surface area (Å²) >= 11 is 0. The van der Waals surface area contributed by atoms with Crippen molar-refractivity contribution in [2.75, 3.05) is 6.61 Å². The predicted molar refractivity (Wildman–Crippen MR) is 92.3 cm³/mol. The Morgan fingerprint density at radius 2 is 1.56 bits per heavy atom. The quantitative estimate of drug-likeness (QED) is 0.807. The summed E-state index contributed by atoms with van der Waals surface area (Å²) in [4.78, 5) is 0. The van der Waals surface area contributed by atoms with E-state index in [2.05, 4.69) is 0 Å². The number of fused-ring (bicyclic) bond motifs is 1. The molecule has 0 spiro atoms. The number of alkyl halides is 3. The third-order valence-electron chi connectivity index (χ3n) is 4.26. The van der Waals surface area contributed by atoms with Crippen LogP contribution in [0, 0.1) is 0 Å². The van der Waals surface area contributed by atoms with Crippen LogP contribution in [0.15, 0.2) is 36.4 Å². The molecule has 0 aromatic heterocycles. The lowest BCUT2D eigenvalue weighted by molar-refractivity contribution is -0.153. The normalized spacial score (nSPS) is 13.1. The number of benzene rings is 2. The SMILES string of the molecule is CC(C)(O)C(C)(C)O[B]c1ccc(OCC(F)(F)F)c2ccccc12. The highest BCUT2D eigenvalue weighted by Crippen LogP contribution is 2.28. The van der Waals surface area contributed by atoms with Crippen LogP contribution in [-0.4, -0.2) is 36.6 Å². The van der Waals surface area contributed by atoms with E-state index in [1.807, 2.05) is 0 Å². The van der Waals surface area contributed by atoms with Crippen LogP contribution >= 0.6 is 0 Å². The Bertz CT molecular complexity index is 736. The number of halogens is 3. The Morgan fingerprint density at radius 3 is 2.12 bits per heavy atom. The lowest BCUT2D eigenvalue weighted by Gasteiger charge is -2.37. The molecule has 0 saturated heterocycles. The van der Waals surface area contributed by atoms with Crippen LogP contribution in [0.2, 0.25) is 0 Å². The summed E-state index contributed by atoms with van der Waals surface area (Å²) in [7, 11) is 1.51. The molecule has 0 atom stereocenters. The molecule has 0 aliphatic rings. The monoisotopic (exact) mass is 353 g/mol. The first kappa shape index (κ1) is 19.6. The smallest absolute Gasteiger partial charge is 0.422 e. The van der Waals surface area contributed by atoms with Crippen molar-refractivity contribution in [2.24, 2.45) is 0 Å². The van der Waals surface area contributed by atoms with Gasteiger partial charge in [0.05, 0.1) is 11.2 Å². The van der Waals surface area contributed by atoms with E-state index >= 15 is 0 Å². The van der Waals surface area contributed by atoms with E-state index in [0.29, 0.717) is 16.2 Å². The molecule has 0 heterocycles. The van der Waals surface area contributed by atoms with Crippen molar-refractivity contribution in [2.45, 2.75) is 45.1 Å². The van der Waals surface area contributed by atoms with Crippen LogP contribution in [0.5, 0.6) is 5.75 Å². The van der Waals surface area contributed by atoms with Gasteiger partial charge in [-0.2, -0.15) is 13.2 Å². The second-order valence-corrected chi connectivity index (χ2v) is 6.91. The highest BCUT2D eigenvalue weighted by molar-refractivity contribution is 6.51. The van der Waals surface area contributed by atoms with Gasteiger partial charge in [0.1, 0.15) is 5.75 Å². The van der Waals surface area contributed by atoms with Gasteiger partial charge in [-0.05, 0) is 44.6 Å². The summed E-state index contributed by atoms with van der Waals surface area (Å²) in [5.41, 5.74) is -1.23. The van der Waals surface area contributed by atoms with Crippen LogP contribution in [0.25, 0.3) is 10.8 Å². The fraction of sp³-hybridized carbons (Fsp3) is 0.444. The van der Waals surface area contributed by atoms with Crippen molar-refractivity contribution in [3.63, 3.8) is 0 Å². The van der Waals surface area contributed by atoms with Crippen molar-refractivity contribution in [1.82, 2.24) is 0 Å². The molecule has 0 saturated carbocycles. The maximum atomic E-state index is 12.4. The van der Waals surface area contributed by atoms with Crippen molar-refractivity contribution >= 4 is 23.7 Å². The first-order valence-electron chi connectivity index (χ1n) is 7.85. The van der Waals surface area contributed by atoms with Crippen LogP contribution in [0.1, 0.15) is 27.7 Å². The van der Waals surface area contributed by atoms with Gasteiger partial charge in [-0.1, -0.05) is 30.3 Å². The lowest BCUT2D eigenvalue weighted by Crippen LogP contribution is -2.49. The van der Waals surface area contributed by atoms with Gasteiger partial charge in [0.15, 0.2) is 6.61 Å². The van der Waals surface area contributed by atoms with E-state index in [0.717, 1.165) is 0 Å². The van der Waals surface area contributed by atoms with Crippen LogP contribution in [0.3, 0.4) is 0 Å². The summed E-state index contributed by atoms with van der Waals surface area (Å²) < 4.78 is 47.9. The Morgan fingerprint density at radius 1 is 0.960 bits per heavy atom. The third-order valence-corrected chi connectivity index (χ3v) is 4.26. The fourth-order valence-electron chi connectivity index (χ4n) is 2.04. The largest absolute Gasteiger partial charge is 0.483 e. The molecule has 0 aliphatic heterocycles. The molecule has 2 aromatic carbocycles. The van der Waals surface area contributed by atoms with E-state index in [9.17, 15) is 18.3 Å². The molecule has 25 heavy (non-hydrogen) atoms. The van der Waals surface area contributed by atoms with Crippen molar-refractivity contribution in [3.8, 4) is 5.75 Å². The van der Waals surface area contributed by atoms with E-state index in [4.69, 9.17) is 9.39 Å². The zero-order valence-electron chi connectivity index (χ0n) is 14.6. The van der Waals surface area contributed by atoms with Crippen molar-refractivity contribution in [1.29, 1.82) is 0 Å². The molecule has 0 amide bonds. The second-order valence-electron chi connectivity index (χ2n) is 6.91. The number of hydrogen-bond acceptors (Lipinski definition) is 3. The van der Waals surface area contributed by atoms with Crippen LogP contribution < -0.4 is 10.2 Å². The minimum absolute atomic E-state index is 0.159. The van der Waals surface area contributed by atoms with Gasteiger partial charge in [-0.25, -0.2) is 0 Å². The molecule has 0 aliphatic carbocycles. The van der Waals surface area contributed by atoms with E-state index in [1.54, 1.807) is 58.0 Å². The van der Waals surface area contributed by atoms with Gasteiger partial charge in [0, 0.05) is 5.39 Å². The first-order valence-corrected chi connectivity index (χ1v) is 7.85. The van der Waals surface area contributed by atoms with Gasteiger partial charge >= 0.3 is 13.7 Å². The lowest BCUT2D eigenvalue weighted by atomic mass is 9.80.